The van der Waals surface area contributed by atoms with Crippen LogP contribution in [-0.4, -0.2) is 38.3 Å². The van der Waals surface area contributed by atoms with Gasteiger partial charge < -0.3 is 9.64 Å². The fourth-order valence-corrected chi connectivity index (χ4v) is 2.39. The van der Waals surface area contributed by atoms with Crippen molar-refractivity contribution in [2.45, 2.75) is 39.5 Å². The van der Waals surface area contributed by atoms with E-state index >= 15 is 0 Å². The molecule has 0 radical (unpaired) electrons. The lowest BCUT2D eigenvalue weighted by molar-refractivity contribution is 0.0820. The second-order valence-electron chi connectivity index (χ2n) is 4.90. The third-order valence-corrected chi connectivity index (χ3v) is 3.53. The summed E-state index contributed by atoms with van der Waals surface area (Å²) in [5.74, 6) is 0. The van der Waals surface area contributed by atoms with Crippen molar-refractivity contribution in [1.29, 1.82) is 0 Å². The number of methoxy groups -OCH3 is 1. The fourth-order valence-electron chi connectivity index (χ4n) is 2.39. The van der Waals surface area contributed by atoms with Gasteiger partial charge in [0.15, 0.2) is 0 Å². The Hall–Kier alpha value is -0.0800. The van der Waals surface area contributed by atoms with Crippen molar-refractivity contribution in [2.75, 3.05) is 33.4 Å². The van der Waals surface area contributed by atoms with Crippen molar-refractivity contribution in [2.24, 2.45) is 5.41 Å². The largest absolute Gasteiger partial charge is 0.383 e. The number of piperidine rings is 1. The second-order valence-corrected chi connectivity index (χ2v) is 4.90. The summed E-state index contributed by atoms with van der Waals surface area (Å²) in [6.45, 7) is 9.26. The molecule has 0 aromatic heterocycles. The molecule has 0 N–H and O–H groups in total. The summed E-state index contributed by atoms with van der Waals surface area (Å²) in [5, 5.41) is 0. The van der Waals surface area contributed by atoms with Crippen LogP contribution in [0.3, 0.4) is 0 Å². The lowest BCUT2D eigenvalue weighted by Crippen LogP contribution is -2.40. The number of hydrogen-bond donors (Lipinski definition) is 0. The maximum absolute atomic E-state index is 5.10. The van der Waals surface area contributed by atoms with Crippen LogP contribution in [0.2, 0.25) is 0 Å². The summed E-state index contributed by atoms with van der Waals surface area (Å²) in [6.07, 6.45) is 5.45. The molecule has 1 heterocycles. The SMILES string of the molecule is CCCC1(C)CCN(CCOC)CC1. The first-order valence-electron chi connectivity index (χ1n) is 5.91. The highest BCUT2D eigenvalue weighted by atomic mass is 16.5. The van der Waals surface area contributed by atoms with Gasteiger partial charge in [-0.2, -0.15) is 0 Å². The van der Waals surface area contributed by atoms with Crippen LogP contribution < -0.4 is 0 Å². The standard InChI is InChI=1S/C12H25NO/c1-4-5-12(2)6-8-13(9-7-12)10-11-14-3/h4-11H2,1-3H3. The Bertz CT molecular complexity index is 150. The second kappa shape index (κ2) is 5.72. The molecule has 14 heavy (non-hydrogen) atoms. The van der Waals surface area contributed by atoms with E-state index in [1.807, 2.05) is 0 Å². The minimum Gasteiger partial charge on any atom is -0.383 e. The molecule has 1 aliphatic heterocycles. The summed E-state index contributed by atoms with van der Waals surface area (Å²) in [5.41, 5.74) is 0.623. The normalized spacial score (nSPS) is 22.5. The van der Waals surface area contributed by atoms with Crippen LogP contribution in [0.1, 0.15) is 39.5 Å². The summed E-state index contributed by atoms with van der Waals surface area (Å²) in [6, 6.07) is 0. The molecule has 1 saturated heterocycles. The Morgan fingerprint density at radius 3 is 2.43 bits per heavy atom. The molecular weight excluding hydrogens is 174 g/mol. The average molecular weight is 199 g/mol. The number of ether oxygens (including phenoxy) is 1. The van der Waals surface area contributed by atoms with Crippen LogP contribution in [0.4, 0.5) is 0 Å². The zero-order valence-corrected chi connectivity index (χ0v) is 10.0. The van der Waals surface area contributed by atoms with Gasteiger partial charge in [-0.1, -0.05) is 20.3 Å². The Morgan fingerprint density at radius 2 is 1.93 bits per heavy atom. The zero-order chi connectivity index (χ0) is 10.4. The van der Waals surface area contributed by atoms with Crippen LogP contribution in [0, 0.1) is 5.41 Å². The minimum absolute atomic E-state index is 0.623. The fraction of sp³-hybridized carbons (Fsp3) is 1.00. The molecule has 84 valence electrons. The van der Waals surface area contributed by atoms with Crippen LogP contribution in [0.5, 0.6) is 0 Å². The first-order chi connectivity index (χ1) is 6.70. The highest BCUT2D eigenvalue weighted by molar-refractivity contribution is 4.81. The number of nitrogens with zero attached hydrogens (tertiary/aromatic N) is 1. The molecule has 0 amide bonds. The Kier molecular flexibility index (Phi) is 4.90. The van der Waals surface area contributed by atoms with Crippen LogP contribution in [0.15, 0.2) is 0 Å². The molecular formula is C12H25NO. The number of rotatable bonds is 5. The molecule has 0 aliphatic carbocycles. The molecule has 0 unspecified atom stereocenters. The predicted molar refractivity (Wildman–Crippen MR) is 60.6 cm³/mol. The molecule has 1 aliphatic rings. The smallest absolute Gasteiger partial charge is 0.0589 e. The Balaban J connectivity index is 2.23. The van der Waals surface area contributed by atoms with E-state index in [0.717, 1.165) is 13.2 Å². The van der Waals surface area contributed by atoms with E-state index in [1.54, 1.807) is 7.11 Å². The van der Waals surface area contributed by atoms with E-state index in [2.05, 4.69) is 18.7 Å². The van der Waals surface area contributed by atoms with E-state index in [0.29, 0.717) is 5.41 Å². The monoisotopic (exact) mass is 199 g/mol. The minimum atomic E-state index is 0.623. The van der Waals surface area contributed by atoms with Crippen molar-refractivity contribution in [3.8, 4) is 0 Å². The van der Waals surface area contributed by atoms with E-state index in [4.69, 9.17) is 4.74 Å². The molecule has 0 atom stereocenters. The Labute approximate surface area is 88.6 Å². The quantitative estimate of drug-likeness (QED) is 0.674. The van der Waals surface area contributed by atoms with E-state index in [1.165, 1.54) is 38.8 Å². The summed E-state index contributed by atoms with van der Waals surface area (Å²) < 4.78 is 5.10. The van der Waals surface area contributed by atoms with Crippen molar-refractivity contribution in [3.05, 3.63) is 0 Å². The molecule has 1 fully saturated rings. The molecule has 0 aromatic carbocycles. The zero-order valence-electron chi connectivity index (χ0n) is 10.0. The van der Waals surface area contributed by atoms with Gasteiger partial charge in [-0.05, 0) is 37.8 Å². The topological polar surface area (TPSA) is 12.5 Å². The van der Waals surface area contributed by atoms with Gasteiger partial charge in [-0.15, -0.1) is 0 Å². The van der Waals surface area contributed by atoms with E-state index < -0.39 is 0 Å². The molecule has 0 spiro atoms. The highest BCUT2D eigenvalue weighted by Gasteiger charge is 2.28. The third kappa shape index (κ3) is 3.58. The lowest BCUT2D eigenvalue weighted by Gasteiger charge is -2.39. The van der Waals surface area contributed by atoms with Gasteiger partial charge in [0, 0.05) is 13.7 Å². The molecule has 1 rings (SSSR count). The van der Waals surface area contributed by atoms with Crippen molar-refractivity contribution >= 4 is 0 Å². The third-order valence-electron chi connectivity index (χ3n) is 3.53. The van der Waals surface area contributed by atoms with Gasteiger partial charge in [-0.3, -0.25) is 0 Å². The molecule has 2 nitrogen and oxygen atoms in total. The molecule has 0 aromatic rings. The highest BCUT2D eigenvalue weighted by Crippen LogP contribution is 2.35. The maximum atomic E-state index is 5.10. The predicted octanol–water partition coefficient (Wildman–Crippen LogP) is 2.54. The van der Waals surface area contributed by atoms with E-state index in [9.17, 15) is 0 Å². The van der Waals surface area contributed by atoms with Crippen molar-refractivity contribution < 1.29 is 4.74 Å². The van der Waals surface area contributed by atoms with Gasteiger partial charge in [0.2, 0.25) is 0 Å². The van der Waals surface area contributed by atoms with Crippen LogP contribution in [0.25, 0.3) is 0 Å². The van der Waals surface area contributed by atoms with Gasteiger partial charge in [0.25, 0.3) is 0 Å². The van der Waals surface area contributed by atoms with Gasteiger partial charge in [0.05, 0.1) is 6.61 Å². The summed E-state index contributed by atoms with van der Waals surface area (Å²) in [7, 11) is 1.78. The molecule has 0 bridgehead atoms. The van der Waals surface area contributed by atoms with Gasteiger partial charge in [-0.25, -0.2) is 0 Å². The van der Waals surface area contributed by atoms with Crippen LogP contribution >= 0.6 is 0 Å². The maximum Gasteiger partial charge on any atom is 0.0589 e. The molecule has 0 saturated carbocycles. The summed E-state index contributed by atoms with van der Waals surface area (Å²) in [4.78, 5) is 2.53. The van der Waals surface area contributed by atoms with Crippen LogP contribution in [-0.2, 0) is 4.74 Å². The first kappa shape index (κ1) is 12.0. The molecule has 2 heteroatoms. The van der Waals surface area contributed by atoms with Gasteiger partial charge >= 0.3 is 0 Å². The Morgan fingerprint density at radius 1 is 1.29 bits per heavy atom. The average Bonchev–Trinajstić information content (AvgIpc) is 2.17. The first-order valence-corrected chi connectivity index (χ1v) is 5.91. The van der Waals surface area contributed by atoms with Gasteiger partial charge in [0.1, 0.15) is 0 Å². The van der Waals surface area contributed by atoms with Crippen molar-refractivity contribution in [3.63, 3.8) is 0 Å². The van der Waals surface area contributed by atoms with Crippen molar-refractivity contribution in [1.82, 2.24) is 4.90 Å². The lowest BCUT2D eigenvalue weighted by atomic mass is 9.77. The summed E-state index contributed by atoms with van der Waals surface area (Å²) >= 11 is 0. The number of hydrogen-bond acceptors (Lipinski definition) is 2. The van der Waals surface area contributed by atoms with E-state index in [-0.39, 0.29) is 0 Å². The number of likely N-dealkylation sites (tertiary alicyclic amines) is 1.